The Balaban J connectivity index is 1.80. The van der Waals surface area contributed by atoms with Crippen LogP contribution in [-0.4, -0.2) is 16.4 Å². The molecule has 2 heterocycles. The minimum Gasteiger partial charge on any atom is -0.375 e. The maximum absolute atomic E-state index is 13.9. The molecule has 0 amide bonds. The lowest BCUT2D eigenvalue weighted by Crippen LogP contribution is -2.30. The van der Waals surface area contributed by atoms with E-state index in [2.05, 4.69) is 25.8 Å². The van der Waals surface area contributed by atoms with Gasteiger partial charge in [0, 0.05) is 40.7 Å². The fraction of sp³-hybridized carbons (Fsp3) is 0.308. The molecule has 6 heteroatoms. The predicted octanol–water partition coefficient (Wildman–Crippen LogP) is 3.19. The van der Waals surface area contributed by atoms with Crippen LogP contribution in [0.5, 0.6) is 0 Å². The second kappa shape index (κ2) is 5.19. The highest BCUT2D eigenvalue weighted by Gasteiger charge is 2.21. The predicted molar refractivity (Wildman–Crippen MR) is 78.4 cm³/mol. The highest BCUT2D eigenvalue weighted by atomic mass is 79.9. The molecule has 1 aromatic carbocycles. The van der Waals surface area contributed by atoms with E-state index in [1.54, 1.807) is 12.3 Å². The zero-order chi connectivity index (χ0) is 13.4. The second-order valence-electron chi connectivity index (χ2n) is 4.61. The fourth-order valence-corrected chi connectivity index (χ4v) is 3.70. The highest BCUT2D eigenvalue weighted by Crippen LogP contribution is 2.29. The van der Waals surface area contributed by atoms with Crippen LogP contribution in [-0.2, 0) is 19.5 Å². The van der Waals surface area contributed by atoms with Crippen LogP contribution in [0.25, 0.3) is 0 Å². The molecule has 0 aliphatic carbocycles. The van der Waals surface area contributed by atoms with Crippen molar-refractivity contribution in [2.45, 2.75) is 19.5 Å². The summed E-state index contributed by atoms with van der Waals surface area (Å²) in [6.45, 7) is 2.34. The maximum Gasteiger partial charge on any atom is 0.180 e. The Hall–Kier alpha value is -0.980. The van der Waals surface area contributed by atoms with Crippen molar-refractivity contribution in [1.82, 2.24) is 9.88 Å². The smallest absolute Gasteiger partial charge is 0.180 e. The number of nitrogens with zero attached hydrogens (tertiary/aromatic N) is 2. The monoisotopic (exact) mass is 341 g/mol. The van der Waals surface area contributed by atoms with Crippen molar-refractivity contribution in [3.05, 3.63) is 44.6 Å². The van der Waals surface area contributed by atoms with Gasteiger partial charge in [-0.25, -0.2) is 9.37 Å². The Bertz CT molecular complexity index is 614. The van der Waals surface area contributed by atoms with Crippen LogP contribution >= 0.6 is 27.3 Å². The summed E-state index contributed by atoms with van der Waals surface area (Å²) >= 11 is 4.99. The quantitative estimate of drug-likeness (QED) is 0.912. The molecule has 0 saturated carbocycles. The normalized spacial score (nSPS) is 15.5. The van der Waals surface area contributed by atoms with Crippen molar-refractivity contribution >= 4 is 32.4 Å². The Morgan fingerprint density at radius 2 is 2.26 bits per heavy atom. The molecule has 3 rings (SSSR count). The van der Waals surface area contributed by atoms with Crippen LogP contribution in [0.4, 0.5) is 9.52 Å². The number of fused-ring (bicyclic) bond motifs is 1. The van der Waals surface area contributed by atoms with Crippen LogP contribution in [0.2, 0.25) is 0 Å². The zero-order valence-electron chi connectivity index (χ0n) is 10.2. The van der Waals surface area contributed by atoms with E-state index < -0.39 is 0 Å². The van der Waals surface area contributed by atoms with Gasteiger partial charge >= 0.3 is 0 Å². The first kappa shape index (κ1) is 13.0. The number of nitrogens with two attached hydrogens (primary N) is 1. The van der Waals surface area contributed by atoms with Gasteiger partial charge in [0.2, 0.25) is 0 Å². The number of rotatable bonds is 2. The van der Waals surface area contributed by atoms with Crippen LogP contribution in [0.3, 0.4) is 0 Å². The maximum atomic E-state index is 13.9. The lowest BCUT2D eigenvalue weighted by molar-refractivity contribution is 0.242. The summed E-state index contributed by atoms with van der Waals surface area (Å²) in [6, 6.07) is 3.31. The molecule has 1 aliphatic heterocycles. The number of aromatic nitrogens is 1. The third-order valence-electron chi connectivity index (χ3n) is 3.33. The molecule has 0 atom stereocenters. The molecule has 1 aliphatic rings. The van der Waals surface area contributed by atoms with Crippen molar-refractivity contribution in [2.24, 2.45) is 0 Å². The van der Waals surface area contributed by atoms with Crippen LogP contribution in [0.1, 0.15) is 16.0 Å². The summed E-state index contributed by atoms with van der Waals surface area (Å²) in [5, 5.41) is 0.585. The lowest BCUT2D eigenvalue weighted by atomic mass is 9.99. The van der Waals surface area contributed by atoms with Crippen molar-refractivity contribution in [3.63, 3.8) is 0 Å². The number of halogens is 2. The molecule has 2 N–H and O–H groups in total. The minimum atomic E-state index is -0.119. The number of nitrogen functional groups attached to an aromatic ring is 1. The highest BCUT2D eigenvalue weighted by molar-refractivity contribution is 9.10. The third-order valence-corrected chi connectivity index (χ3v) is 4.88. The summed E-state index contributed by atoms with van der Waals surface area (Å²) in [5.41, 5.74) is 7.53. The molecule has 19 heavy (non-hydrogen) atoms. The Morgan fingerprint density at radius 3 is 3.00 bits per heavy atom. The van der Waals surface area contributed by atoms with E-state index in [9.17, 15) is 4.39 Å². The summed E-state index contributed by atoms with van der Waals surface area (Å²) in [7, 11) is 0. The summed E-state index contributed by atoms with van der Waals surface area (Å²) in [4.78, 5) is 7.39. The molecule has 0 radical (unpaired) electrons. The summed E-state index contributed by atoms with van der Waals surface area (Å²) in [6.07, 6.45) is 2.66. The van der Waals surface area contributed by atoms with E-state index >= 15 is 0 Å². The van der Waals surface area contributed by atoms with Crippen molar-refractivity contribution in [1.29, 1.82) is 0 Å². The molecule has 0 saturated heterocycles. The van der Waals surface area contributed by atoms with E-state index in [-0.39, 0.29) is 5.82 Å². The summed E-state index contributed by atoms with van der Waals surface area (Å²) in [5.74, 6) is -0.119. The van der Waals surface area contributed by atoms with Gasteiger partial charge in [0.25, 0.3) is 0 Å². The molecule has 0 fully saturated rings. The first-order valence-electron chi connectivity index (χ1n) is 6.02. The largest absolute Gasteiger partial charge is 0.375 e. The van der Waals surface area contributed by atoms with Gasteiger partial charge in [0.05, 0.1) is 0 Å². The van der Waals surface area contributed by atoms with Gasteiger partial charge in [-0.2, -0.15) is 0 Å². The molecule has 1 aromatic heterocycles. The van der Waals surface area contributed by atoms with Gasteiger partial charge in [-0.1, -0.05) is 15.9 Å². The Morgan fingerprint density at radius 1 is 1.42 bits per heavy atom. The minimum absolute atomic E-state index is 0.119. The van der Waals surface area contributed by atoms with Crippen molar-refractivity contribution < 1.29 is 4.39 Å². The Labute approximate surface area is 123 Å². The first-order chi connectivity index (χ1) is 9.13. The number of hydrogen-bond donors (Lipinski definition) is 1. The lowest BCUT2D eigenvalue weighted by Gasteiger charge is -2.29. The van der Waals surface area contributed by atoms with E-state index in [0.29, 0.717) is 11.7 Å². The fourth-order valence-electron chi connectivity index (χ4n) is 2.40. The van der Waals surface area contributed by atoms with Crippen molar-refractivity contribution in [3.8, 4) is 0 Å². The van der Waals surface area contributed by atoms with E-state index in [1.165, 1.54) is 17.4 Å². The standard InChI is InChI=1S/C13H13BrFN3S/c14-11-1-2-12(15)10-7-18(4-3-9(10)11)6-8-5-17-13(16)19-8/h1-2,5H,3-4,6-7H2,(H2,16,17). The Kier molecular flexibility index (Phi) is 3.56. The third kappa shape index (κ3) is 2.66. The average molecular weight is 342 g/mol. The van der Waals surface area contributed by atoms with Gasteiger partial charge in [0.1, 0.15) is 5.82 Å². The molecule has 0 unspecified atom stereocenters. The van der Waals surface area contributed by atoms with Gasteiger partial charge in [-0.05, 0) is 24.1 Å². The van der Waals surface area contributed by atoms with Crippen molar-refractivity contribution in [2.75, 3.05) is 12.3 Å². The topological polar surface area (TPSA) is 42.1 Å². The number of thiazole rings is 1. The molecular weight excluding hydrogens is 329 g/mol. The first-order valence-corrected chi connectivity index (χ1v) is 7.62. The number of benzene rings is 1. The van der Waals surface area contributed by atoms with Crippen LogP contribution in [0.15, 0.2) is 22.8 Å². The van der Waals surface area contributed by atoms with Crippen LogP contribution in [0, 0.1) is 5.82 Å². The van der Waals surface area contributed by atoms with Gasteiger partial charge in [-0.15, -0.1) is 11.3 Å². The molecular formula is C13H13BrFN3S. The second-order valence-corrected chi connectivity index (χ2v) is 6.61. The van der Waals surface area contributed by atoms with Gasteiger partial charge in [-0.3, -0.25) is 4.90 Å². The zero-order valence-corrected chi connectivity index (χ0v) is 12.6. The molecule has 3 nitrogen and oxygen atoms in total. The molecule has 100 valence electrons. The van der Waals surface area contributed by atoms with E-state index in [0.717, 1.165) is 40.0 Å². The van der Waals surface area contributed by atoms with Gasteiger partial charge in [0.15, 0.2) is 5.13 Å². The van der Waals surface area contributed by atoms with E-state index in [4.69, 9.17) is 5.73 Å². The SMILES string of the molecule is Nc1ncc(CN2CCc3c(Br)ccc(F)c3C2)s1. The molecule has 2 aromatic rings. The van der Waals surface area contributed by atoms with E-state index in [1.807, 2.05) is 0 Å². The molecule has 0 spiro atoms. The summed E-state index contributed by atoms with van der Waals surface area (Å²) < 4.78 is 14.9. The van der Waals surface area contributed by atoms with Gasteiger partial charge < -0.3 is 5.73 Å². The number of hydrogen-bond acceptors (Lipinski definition) is 4. The van der Waals surface area contributed by atoms with Crippen LogP contribution < -0.4 is 5.73 Å². The number of anilines is 1. The average Bonchev–Trinajstić information content (AvgIpc) is 2.80. The molecule has 0 bridgehead atoms.